The molecule has 4 aromatic rings. The molecule has 0 bridgehead atoms. The SMILES string of the molecule is OC(c1cc2ccccc2s1)c1csc2ccccc12. The van der Waals surface area contributed by atoms with E-state index >= 15 is 0 Å². The van der Waals surface area contributed by atoms with E-state index in [0.29, 0.717) is 0 Å². The van der Waals surface area contributed by atoms with Crippen molar-refractivity contribution >= 4 is 42.8 Å². The van der Waals surface area contributed by atoms with Crippen molar-refractivity contribution in [1.29, 1.82) is 0 Å². The van der Waals surface area contributed by atoms with E-state index < -0.39 is 6.10 Å². The summed E-state index contributed by atoms with van der Waals surface area (Å²) >= 11 is 3.36. The highest BCUT2D eigenvalue weighted by Gasteiger charge is 2.17. The van der Waals surface area contributed by atoms with Gasteiger partial charge in [-0.25, -0.2) is 0 Å². The maximum absolute atomic E-state index is 10.7. The van der Waals surface area contributed by atoms with Gasteiger partial charge in [-0.1, -0.05) is 36.4 Å². The third-order valence-corrected chi connectivity index (χ3v) is 5.67. The number of fused-ring (bicyclic) bond motifs is 2. The Bertz CT molecular complexity index is 855. The van der Waals surface area contributed by atoms with Gasteiger partial charge >= 0.3 is 0 Å². The maximum atomic E-state index is 10.7. The molecule has 0 amide bonds. The molecule has 1 atom stereocenters. The molecule has 0 saturated carbocycles. The summed E-state index contributed by atoms with van der Waals surface area (Å²) < 4.78 is 2.45. The number of thiophene rings is 2. The first-order valence-electron chi connectivity index (χ1n) is 6.45. The lowest BCUT2D eigenvalue weighted by Gasteiger charge is -2.07. The Hall–Kier alpha value is -1.68. The van der Waals surface area contributed by atoms with Crippen molar-refractivity contribution in [3.8, 4) is 0 Å². The summed E-state index contributed by atoms with van der Waals surface area (Å²) in [7, 11) is 0. The van der Waals surface area contributed by atoms with Crippen LogP contribution in [-0.2, 0) is 0 Å². The second-order valence-corrected chi connectivity index (χ2v) is 6.80. The van der Waals surface area contributed by atoms with Crippen molar-refractivity contribution in [3.63, 3.8) is 0 Å². The lowest BCUT2D eigenvalue weighted by Crippen LogP contribution is -1.95. The summed E-state index contributed by atoms with van der Waals surface area (Å²) in [5, 5.41) is 15.1. The van der Waals surface area contributed by atoms with Crippen LogP contribution in [0.15, 0.2) is 60.0 Å². The van der Waals surface area contributed by atoms with Crippen molar-refractivity contribution in [3.05, 3.63) is 70.4 Å². The second-order valence-electron chi connectivity index (χ2n) is 4.78. The van der Waals surface area contributed by atoms with Gasteiger partial charge in [0.1, 0.15) is 6.10 Å². The van der Waals surface area contributed by atoms with Crippen LogP contribution in [0, 0.1) is 0 Å². The number of rotatable bonds is 2. The highest BCUT2D eigenvalue weighted by molar-refractivity contribution is 7.19. The van der Waals surface area contributed by atoms with Crippen LogP contribution in [0.2, 0.25) is 0 Å². The van der Waals surface area contributed by atoms with Gasteiger partial charge < -0.3 is 5.11 Å². The van der Waals surface area contributed by atoms with Gasteiger partial charge in [0.2, 0.25) is 0 Å². The molecule has 20 heavy (non-hydrogen) atoms. The van der Waals surface area contributed by atoms with E-state index in [9.17, 15) is 5.11 Å². The van der Waals surface area contributed by atoms with Gasteiger partial charge in [-0.3, -0.25) is 0 Å². The van der Waals surface area contributed by atoms with E-state index in [2.05, 4.69) is 35.7 Å². The zero-order chi connectivity index (χ0) is 13.5. The predicted octanol–water partition coefficient (Wildman–Crippen LogP) is 5.20. The quantitative estimate of drug-likeness (QED) is 0.539. The largest absolute Gasteiger partial charge is 0.383 e. The molecule has 0 radical (unpaired) electrons. The highest BCUT2D eigenvalue weighted by atomic mass is 32.1. The van der Waals surface area contributed by atoms with Gasteiger partial charge in [-0.05, 0) is 34.4 Å². The van der Waals surface area contributed by atoms with Gasteiger partial charge in [0, 0.05) is 19.8 Å². The first-order valence-corrected chi connectivity index (χ1v) is 8.15. The lowest BCUT2D eigenvalue weighted by atomic mass is 10.1. The van der Waals surface area contributed by atoms with Crippen molar-refractivity contribution < 1.29 is 5.11 Å². The van der Waals surface area contributed by atoms with Crippen molar-refractivity contribution in [1.82, 2.24) is 0 Å². The zero-order valence-corrected chi connectivity index (χ0v) is 12.2. The molecule has 0 aliphatic rings. The lowest BCUT2D eigenvalue weighted by molar-refractivity contribution is 0.226. The molecule has 2 heterocycles. The van der Waals surface area contributed by atoms with E-state index in [4.69, 9.17) is 0 Å². The van der Waals surface area contributed by atoms with Crippen molar-refractivity contribution in [2.45, 2.75) is 6.10 Å². The molecule has 0 fully saturated rings. The Labute approximate surface area is 124 Å². The molecule has 4 rings (SSSR count). The van der Waals surface area contributed by atoms with E-state index in [1.165, 1.54) is 14.8 Å². The highest BCUT2D eigenvalue weighted by Crippen LogP contribution is 2.37. The minimum atomic E-state index is -0.538. The Morgan fingerprint density at radius 3 is 2.50 bits per heavy atom. The summed E-state index contributed by atoms with van der Waals surface area (Å²) in [6.07, 6.45) is -0.538. The van der Waals surface area contributed by atoms with Crippen LogP contribution in [0.25, 0.3) is 20.2 Å². The molecule has 0 spiro atoms. The number of aliphatic hydroxyl groups excluding tert-OH is 1. The number of benzene rings is 2. The molecule has 2 aromatic carbocycles. The Morgan fingerprint density at radius 2 is 1.65 bits per heavy atom. The number of aliphatic hydroxyl groups is 1. The van der Waals surface area contributed by atoms with Gasteiger partial charge in [-0.2, -0.15) is 0 Å². The van der Waals surface area contributed by atoms with Crippen LogP contribution < -0.4 is 0 Å². The average molecular weight is 296 g/mol. The van der Waals surface area contributed by atoms with Crippen LogP contribution in [-0.4, -0.2) is 5.11 Å². The third kappa shape index (κ3) is 1.86. The first-order chi connectivity index (χ1) is 9.83. The summed E-state index contributed by atoms with van der Waals surface area (Å²) in [4.78, 5) is 1.01. The monoisotopic (exact) mass is 296 g/mol. The molecule has 1 unspecified atom stereocenters. The zero-order valence-electron chi connectivity index (χ0n) is 10.6. The normalized spacial score (nSPS) is 13.1. The molecule has 98 valence electrons. The van der Waals surface area contributed by atoms with Crippen molar-refractivity contribution in [2.75, 3.05) is 0 Å². The Kier molecular flexibility index (Phi) is 2.84. The smallest absolute Gasteiger partial charge is 0.115 e. The van der Waals surface area contributed by atoms with Crippen LogP contribution >= 0.6 is 22.7 Å². The molecule has 1 N–H and O–H groups in total. The number of hydrogen-bond acceptors (Lipinski definition) is 3. The summed E-state index contributed by atoms with van der Waals surface area (Å²) in [5.74, 6) is 0. The fourth-order valence-electron chi connectivity index (χ4n) is 2.50. The van der Waals surface area contributed by atoms with Crippen LogP contribution in [0.1, 0.15) is 16.5 Å². The van der Waals surface area contributed by atoms with Crippen LogP contribution in [0.5, 0.6) is 0 Å². The van der Waals surface area contributed by atoms with E-state index in [0.717, 1.165) is 15.8 Å². The van der Waals surface area contributed by atoms with Gasteiger partial charge in [0.25, 0.3) is 0 Å². The predicted molar refractivity (Wildman–Crippen MR) is 87.7 cm³/mol. The summed E-state index contributed by atoms with van der Waals surface area (Å²) in [6.45, 7) is 0. The van der Waals surface area contributed by atoms with E-state index in [1.807, 2.05) is 24.3 Å². The minimum absolute atomic E-state index is 0.538. The third-order valence-electron chi connectivity index (χ3n) is 3.52. The second kappa shape index (κ2) is 4.70. The fraction of sp³-hybridized carbons (Fsp3) is 0.0588. The van der Waals surface area contributed by atoms with Crippen LogP contribution in [0.4, 0.5) is 0 Å². The first kappa shape index (κ1) is 12.1. The summed E-state index contributed by atoms with van der Waals surface area (Å²) in [5.41, 5.74) is 1.01. The molecule has 0 saturated heterocycles. The standard InChI is InChI=1S/C17H12OS2/c18-17(13-10-19-15-8-4-2-6-12(13)15)16-9-11-5-1-3-7-14(11)20-16/h1-10,17-18H. The Morgan fingerprint density at radius 1 is 0.900 bits per heavy atom. The van der Waals surface area contributed by atoms with Crippen LogP contribution in [0.3, 0.4) is 0 Å². The number of hydrogen-bond donors (Lipinski definition) is 1. The van der Waals surface area contributed by atoms with Crippen molar-refractivity contribution in [2.24, 2.45) is 0 Å². The fourth-order valence-corrected chi connectivity index (χ4v) is 4.55. The molecule has 0 aliphatic carbocycles. The maximum Gasteiger partial charge on any atom is 0.115 e. The Balaban J connectivity index is 1.85. The van der Waals surface area contributed by atoms with Gasteiger partial charge in [0.05, 0.1) is 0 Å². The van der Waals surface area contributed by atoms with E-state index in [1.54, 1.807) is 22.7 Å². The molecule has 0 aliphatic heterocycles. The topological polar surface area (TPSA) is 20.2 Å². The average Bonchev–Trinajstić information content (AvgIpc) is 3.10. The molecular weight excluding hydrogens is 284 g/mol. The van der Waals surface area contributed by atoms with Gasteiger partial charge in [-0.15, -0.1) is 22.7 Å². The minimum Gasteiger partial charge on any atom is -0.383 e. The molecule has 2 aromatic heterocycles. The molecular formula is C17H12OS2. The van der Waals surface area contributed by atoms with Gasteiger partial charge in [0.15, 0.2) is 0 Å². The summed E-state index contributed by atoms with van der Waals surface area (Å²) in [6, 6.07) is 18.6. The molecule has 1 nitrogen and oxygen atoms in total. The molecule has 3 heteroatoms. The van der Waals surface area contributed by atoms with E-state index in [-0.39, 0.29) is 0 Å².